The Labute approximate surface area is 129 Å². The van der Waals surface area contributed by atoms with Gasteiger partial charge < -0.3 is 20.7 Å². The largest absolute Gasteiger partial charge is 0.383 e. The van der Waals surface area contributed by atoms with Crippen LogP contribution in [-0.2, 0) is 9.53 Å². The summed E-state index contributed by atoms with van der Waals surface area (Å²) >= 11 is 1.48. The number of nitrogens with one attached hydrogen (secondary N) is 3. The number of rotatable bonds is 10. The van der Waals surface area contributed by atoms with E-state index in [2.05, 4.69) is 25.9 Å². The zero-order chi connectivity index (χ0) is 15.5. The third-order valence-corrected chi connectivity index (χ3v) is 3.08. The third kappa shape index (κ3) is 7.14. The minimum Gasteiger partial charge on any atom is -0.383 e. The highest BCUT2D eigenvalue weighted by Gasteiger charge is 2.05. The Hall–Kier alpha value is -1.54. The predicted molar refractivity (Wildman–Crippen MR) is 86.0 cm³/mol. The van der Waals surface area contributed by atoms with Gasteiger partial charge in [0.2, 0.25) is 5.91 Å². The van der Waals surface area contributed by atoms with E-state index in [-0.39, 0.29) is 5.91 Å². The average Bonchev–Trinajstić information content (AvgIpc) is 2.47. The lowest BCUT2D eigenvalue weighted by Gasteiger charge is -2.10. The van der Waals surface area contributed by atoms with Gasteiger partial charge in [-0.25, -0.2) is 9.97 Å². The van der Waals surface area contributed by atoms with Crippen LogP contribution in [0, 0.1) is 0 Å². The van der Waals surface area contributed by atoms with Crippen LogP contribution in [0.3, 0.4) is 0 Å². The van der Waals surface area contributed by atoms with E-state index >= 15 is 0 Å². The van der Waals surface area contributed by atoms with Crippen LogP contribution >= 0.6 is 11.8 Å². The molecule has 0 saturated heterocycles. The van der Waals surface area contributed by atoms with E-state index in [0.29, 0.717) is 31.3 Å². The van der Waals surface area contributed by atoms with Crippen molar-refractivity contribution in [1.29, 1.82) is 0 Å². The lowest BCUT2D eigenvalue weighted by molar-refractivity contribution is -0.121. The van der Waals surface area contributed by atoms with Crippen LogP contribution < -0.4 is 16.0 Å². The van der Waals surface area contributed by atoms with Gasteiger partial charge in [0.15, 0.2) is 5.16 Å². The van der Waals surface area contributed by atoms with E-state index in [1.54, 1.807) is 7.11 Å². The van der Waals surface area contributed by atoms with Crippen molar-refractivity contribution < 1.29 is 9.53 Å². The highest BCUT2D eigenvalue weighted by molar-refractivity contribution is 7.98. The monoisotopic (exact) mass is 313 g/mol. The van der Waals surface area contributed by atoms with Gasteiger partial charge in [0.25, 0.3) is 0 Å². The summed E-state index contributed by atoms with van der Waals surface area (Å²) in [6.45, 7) is 4.39. The van der Waals surface area contributed by atoms with Gasteiger partial charge in [0.05, 0.1) is 6.61 Å². The topological polar surface area (TPSA) is 88.2 Å². The van der Waals surface area contributed by atoms with Crippen LogP contribution in [0.2, 0.25) is 0 Å². The molecular formula is C13H23N5O2S. The zero-order valence-electron chi connectivity index (χ0n) is 12.7. The number of nitrogens with zero attached hydrogens (tertiary/aromatic N) is 2. The first-order valence-corrected chi connectivity index (χ1v) is 8.08. The summed E-state index contributed by atoms with van der Waals surface area (Å²) in [5.74, 6) is 1.49. The summed E-state index contributed by atoms with van der Waals surface area (Å²) in [7, 11) is 1.61. The lowest BCUT2D eigenvalue weighted by atomic mass is 10.4. The predicted octanol–water partition coefficient (Wildman–Crippen LogP) is 1.19. The van der Waals surface area contributed by atoms with Crippen molar-refractivity contribution in [3.8, 4) is 0 Å². The van der Waals surface area contributed by atoms with E-state index in [0.717, 1.165) is 18.2 Å². The molecule has 0 fully saturated rings. The maximum absolute atomic E-state index is 11.5. The van der Waals surface area contributed by atoms with E-state index in [1.165, 1.54) is 11.8 Å². The van der Waals surface area contributed by atoms with Crippen LogP contribution in [0.15, 0.2) is 11.2 Å². The van der Waals surface area contributed by atoms with Crippen molar-refractivity contribution >= 4 is 29.3 Å². The van der Waals surface area contributed by atoms with Crippen LogP contribution in [0.25, 0.3) is 0 Å². The Bertz CT molecular complexity index is 445. The average molecular weight is 313 g/mol. The fourth-order valence-corrected chi connectivity index (χ4v) is 1.94. The Morgan fingerprint density at radius 1 is 1.29 bits per heavy atom. The number of methoxy groups -OCH3 is 1. The van der Waals surface area contributed by atoms with Gasteiger partial charge in [-0.05, 0) is 13.2 Å². The first-order valence-electron chi connectivity index (χ1n) is 6.86. The second-order valence-corrected chi connectivity index (χ2v) is 4.95. The standard InChI is InChI=1S/C13H23N5O2S/c1-4-14-10-9-11(18-13(17-10)21-3)15-6-5-12(19)16-7-8-20-2/h9H,4-8H2,1-3H3,(H,16,19)(H2,14,15,17,18). The smallest absolute Gasteiger partial charge is 0.221 e. The Morgan fingerprint density at radius 3 is 2.62 bits per heavy atom. The quantitative estimate of drug-likeness (QED) is 0.340. The summed E-state index contributed by atoms with van der Waals surface area (Å²) in [5, 5.41) is 9.77. The van der Waals surface area contributed by atoms with E-state index < -0.39 is 0 Å². The maximum Gasteiger partial charge on any atom is 0.221 e. The molecule has 21 heavy (non-hydrogen) atoms. The Balaban J connectivity index is 2.43. The van der Waals surface area contributed by atoms with E-state index in [1.807, 2.05) is 19.2 Å². The summed E-state index contributed by atoms with van der Waals surface area (Å²) < 4.78 is 4.87. The van der Waals surface area contributed by atoms with Gasteiger partial charge in [0, 0.05) is 39.2 Å². The molecule has 1 aromatic heterocycles. The van der Waals surface area contributed by atoms with Crippen molar-refractivity contribution in [3.63, 3.8) is 0 Å². The van der Waals surface area contributed by atoms with Crippen molar-refractivity contribution in [2.75, 3.05) is 50.2 Å². The second-order valence-electron chi connectivity index (χ2n) is 4.17. The lowest BCUT2D eigenvalue weighted by Crippen LogP contribution is -2.28. The molecule has 0 unspecified atom stereocenters. The molecule has 0 aliphatic rings. The third-order valence-electron chi connectivity index (χ3n) is 2.53. The van der Waals surface area contributed by atoms with Crippen LogP contribution in [0.4, 0.5) is 11.6 Å². The molecular weight excluding hydrogens is 290 g/mol. The van der Waals surface area contributed by atoms with Crippen LogP contribution in [0.1, 0.15) is 13.3 Å². The molecule has 0 radical (unpaired) electrons. The number of thioether (sulfide) groups is 1. The van der Waals surface area contributed by atoms with Crippen LogP contribution in [-0.4, -0.2) is 55.5 Å². The second kappa shape index (κ2) is 10.2. The number of carbonyl (C=O) groups is 1. The minimum absolute atomic E-state index is 0.00870. The molecule has 1 aromatic rings. The molecule has 0 spiro atoms. The SMILES string of the molecule is CCNc1cc(NCCC(=O)NCCOC)nc(SC)n1. The highest BCUT2D eigenvalue weighted by atomic mass is 32.2. The number of ether oxygens (including phenoxy) is 1. The maximum atomic E-state index is 11.5. The van der Waals surface area contributed by atoms with Crippen molar-refractivity contribution in [2.24, 2.45) is 0 Å². The molecule has 0 aliphatic carbocycles. The minimum atomic E-state index is -0.00870. The van der Waals surface area contributed by atoms with Gasteiger partial charge in [-0.1, -0.05) is 11.8 Å². The fourth-order valence-electron chi connectivity index (χ4n) is 1.56. The first-order chi connectivity index (χ1) is 10.2. The number of hydrogen-bond acceptors (Lipinski definition) is 7. The Kier molecular flexibility index (Phi) is 8.53. The van der Waals surface area contributed by atoms with Gasteiger partial charge in [0.1, 0.15) is 11.6 Å². The molecule has 7 nitrogen and oxygen atoms in total. The van der Waals surface area contributed by atoms with Gasteiger partial charge in [-0.15, -0.1) is 0 Å². The molecule has 1 amide bonds. The van der Waals surface area contributed by atoms with Gasteiger partial charge in [-0.2, -0.15) is 0 Å². The fraction of sp³-hybridized carbons (Fsp3) is 0.615. The van der Waals surface area contributed by atoms with Gasteiger partial charge in [-0.3, -0.25) is 4.79 Å². The molecule has 0 bridgehead atoms. The molecule has 0 aliphatic heterocycles. The molecule has 1 rings (SSSR count). The van der Waals surface area contributed by atoms with Crippen molar-refractivity contribution in [2.45, 2.75) is 18.5 Å². The molecule has 118 valence electrons. The highest BCUT2D eigenvalue weighted by Crippen LogP contribution is 2.17. The number of anilines is 2. The van der Waals surface area contributed by atoms with Crippen LogP contribution in [0.5, 0.6) is 0 Å². The molecule has 0 aromatic carbocycles. The first kappa shape index (κ1) is 17.5. The Morgan fingerprint density at radius 2 is 2.00 bits per heavy atom. The molecule has 1 heterocycles. The number of amides is 1. The van der Waals surface area contributed by atoms with E-state index in [9.17, 15) is 4.79 Å². The molecule has 0 saturated carbocycles. The molecule has 3 N–H and O–H groups in total. The van der Waals surface area contributed by atoms with Gasteiger partial charge >= 0.3 is 0 Å². The summed E-state index contributed by atoms with van der Waals surface area (Å²) in [4.78, 5) is 20.2. The number of aromatic nitrogens is 2. The molecule has 0 atom stereocenters. The normalized spacial score (nSPS) is 10.2. The van der Waals surface area contributed by atoms with Crippen molar-refractivity contribution in [3.05, 3.63) is 6.07 Å². The summed E-state index contributed by atoms with van der Waals surface area (Å²) in [5.41, 5.74) is 0. The zero-order valence-corrected chi connectivity index (χ0v) is 13.5. The summed E-state index contributed by atoms with van der Waals surface area (Å²) in [6.07, 6.45) is 2.32. The van der Waals surface area contributed by atoms with E-state index in [4.69, 9.17) is 4.74 Å². The summed E-state index contributed by atoms with van der Waals surface area (Å²) in [6, 6.07) is 1.84. The number of hydrogen-bond donors (Lipinski definition) is 3. The number of carbonyl (C=O) groups excluding carboxylic acids is 1. The molecule has 8 heteroatoms. The van der Waals surface area contributed by atoms with Crippen molar-refractivity contribution in [1.82, 2.24) is 15.3 Å².